The molecule has 4 rings (SSSR count). The third-order valence-corrected chi connectivity index (χ3v) is 6.47. The molecule has 1 aromatic carbocycles. The highest BCUT2D eigenvalue weighted by atomic mass is 32.2. The van der Waals surface area contributed by atoms with E-state index in [1.54, 1.807) is 23.1 Å². The molecular formula is C20H22N4O2S2. The van der Waals surface area contributed by atoms with Crippen LogP contribution in [0.3, 0.4) is 0 Å². The number of thiophene rings is 1. The maximum absolute atomic E-state index is 12.8. The van der Waals surface area contributed by atoms with E-state index in [1.165, 1.54) is 0 Å². The summed E-state index contributed by atoms with van der Waals surface area (Å²) in [6.07, 6.45) is 3.89. The Morgan fingerprint density at radius 2 is 2.25 bits per heavy atom. The number of hydrogen-bond donors (Lipinski definition) is 1. The normalized spacial score (nSPS) is 17.5. The number of hydrogen-bond acceptors (Lipinski definition) is 7. The first-order valence-electron chi connectivity index (χ1n) is 9.25. The Labute approximate surface area is 172 Å². The highest BCUT2D eigenvalue weighted by molar-refractivity contribution is 7.98. The van der Waals surface area contributed by atoms with Crippen LogP contribution >= 0.6 is 23.1 Å². The van der Waals surface area contributed by atoms with Crippen molar-refractivity contribution in [3.05, 3.63) is 47.7 Å². The zero-order valence-corrected chi connectivity index (χ0v) is 17.3. The molecule has 6 nitrogen and oxygen atoms in total. The summed E-state index contributed by atoms with van der Waals surface area (Å²) in [5, 5.41) is 9.17. The molecule has 3 heterocycles. The summed E-state index contributed by atoms with van der Waals surface area (Å²) >= 11 is 3.23. The minimum Gasteiger partial charge on any atom is -0.338 e. The third kappa shape index (κ3) is 4.45. The molecule has 28 heavy (non-hydrogen) atoms. The molecule has 2 aromatic heterocycles. The zero-order chi connectivity index (χ0) is 19.3. The number of nitrogens with zero attached hydrogens (tertiary/aromatic N) is 3. The molecular weight excluding hydrogens is 392 g/mol. The number of anilines is 1. The number of aromatic nitrogens is 2. The summed E-state index contributed by atoms with van der Waals surface area (Å²) in [5.74, 6) is 1.27. The number of nitrogens with one attached hydrogen (secondary N) is 1. The van der Waals surface area contributed by atoms with Crippen molar-refractivity contribution in [2.75, 3.05) is 24.7 Å². The SMILES string of the molecule is CSc1ccccc1NC(=O)C1CCCN(Cc2nc(-c3cccs3)no2)C1. The van der Waals surface area contributed by atoms with Gasteiger partial charge in [0.15, 0.2) is 0 Å². The molecule has 0 spiro atoms. The minimum atomic E-state index is -0.0386. The lowest BCUT2D eigenvalue weighted by atomic mass is 9.97. The fourth-order valence-electron chi connectivity index (χ4n) is 3.41. The molecule has 146 valence electrons. The number of piperidine rings is 1. The van der Waals surface area contributed by atoms with Gasteiger partial charge in [0, 0.05) is 11.4 Å². The van der Waals surface area contributed by atoms with E-state index in [4.69, 9.17) is 4.52 Å². The molecule has 0 bridgehead atoms. The van der Waals surface area contributed by atoms with Crippen LogP contribution in [-0.2, 0) is 11.3 Å². The van der Waals surface area contributed by atoms with Crippen LogP contribution in [0.15, 0.2) is 51.2 Å². The van der Waals surface area contributed by atoms with Crippen LogP contribution in [0.2, 0.25) is 0 Å². The molecule has 0 saturated carbocycles. The Morgan fingerprint density at radius 1 is 1.36 bits per heavy atom. The predicted molar refractivity (Wildman–Crippen MR) is 112 cm³/mol. The van der Waals surface area contributed by atoms with E-state index < -0.39 is 0 Å². The van der Waals surface area contributed by atoms with Gasteiger partial charge in [-0.15, -0.1) is 23.1 Å². The number of likely N-dealkylation sites (tertiary alicyclic amines) is 1. The number of para-hydroxylation sites is 1. The van der Waals surface area contributed by atoms with Gasteiger partial charge in [-0.1, -0.05) is 23.4 Å². The zero-order valence-electron chi connectivity index (χ0n) is 15.6. The number of thioether (sulfide) groups is 1. The van der Waals surface area contributed by atoms with E-state index in [0.717, 1.165) is 34.8 Å². The first-order valence-corrected chi connectivity index (χ1v) is 11.4. The predicted octanol–water partition coefficient (Wildman–Crippen LogP) is 4.37. The first-order chi connectivity index (χ1) is 13.7. The Balaban J connectivity index is 1.37. The van der Waals surface area contributed by atoms with E-state index in [2.05, 4.69) is 20.4 Å². The first kappa shape index (κ1) is 19.2. The van der Waals surface area contributed by atoms with Crippen molar-refractivity contribution in [3.63, 3.8) is 0 Å². The van der Waals surface area contributed by atoms with Gasteiger partial charge in [-0.3, -0.25) is 9.69 Å². The molecule has 3 aromatic rings. The van der Waals surface area contributed by atoms with Crippen LogP contribution in [0.5, 0.6) is 0 Å². The van der Waals surface area contributed by atoms with Crippen LogP contribution in [0.25, 0.3) is 10.7 Å². The number of amides is 1. The van der Waals surface area contributed by atoms with Crippen molar-refractivity contribution in [1.82, 2.24) is 15.0 Å². The Morgan fingerprint density at radius 3 is 3.07 bits per heavy atom. The van der Waals surface area contributed by atoms with Crippen molar-refractivity contribution < 1.29 is 9.32 Å². The smallest absolute Gasteiger partial charge is 0.241 e. The molecule has 1 amide bonds. The Kier molecular flexibility index (Phi) is 6.09. The van der Waals surface area contributed by atoms with Crippen LogP contribution in [0, 0.1) is 5.92 Å². The molecule has 1 unspecified atom stereocenters. The maximum Gasteiger partial charge on any atom is 0.241 e. The lowest BCUT2D eigenvalue weighted by Crippen LogP contribution is -2.40. The maximum atomic E-state index is 12.8. The van der Waals surface area contributed by atoms with Crippen LogP contribution in [-0.4, -0.2) is 40.3 Å². The van der Waals surface area contributed by atoms with Crippen molar-refractivity contribution >= 4 is 34.7 Å². The number of benzene rings is 1. The van der Waals surface area contributed by atoms with Crippen LogP contribution in [0.1, 0.15) is 18.7 Å². The van der Waals surface area contributed by atoms with Gasteiger partial charge in [0.25, 0.3) is 0 Å². The lowest BCUT2D eigenvalue weighted by Gasteiger charge is -2.31. The average Bonchev–Trinajstić information content (AvgIpc) is 3.40. The van der Waals surface area contributed by atoms with Gasteiger partial charge in [-0.2, -0.15) is 4.98 Å². The third-order valence-electron chi connectivity index (χ3n) is 4.81. The van der Waals surface area contributed by atoms with Gasteiger partial charge in [-0.25, -0.2) is 0 Å². The summed E-state index contributed by atoms with van der Waals surface area (Å²) in [7, 11) is 0. The van der Waals surface area contributed by atoms with Gasteiger partial charge in [0.1, 0.15) is 0 Å². The van der Waals surface area contributed by atoms with Crippen molar-refractivity contribution in [2.45, 2.75) is 24.3 Å². The number of rotatable bonds is 6. The topological polar surface area (TPSA) is 71.3 Å². The van der Waals surface area contributed by atoms with Gasteiger partial charge in [0.05, 0.1) is 23.0 Å². The van der Waals surface area contributed by atoms with Gasteiger partial charge in [-0.05, 0) is 49.2 Å². The molecule has 1 N–H and O–H groups in total. The molecule has 1 aliphatic rings. The molecule has 8 heteroatoms. The summed E-state index contributed by atoms with van der Waals surface area (Å²) in [6.45, 7) is 2.20. The van der Waals surface area contributed by atoms with Crippen LogP contribution in [0.4, 0.5) is 5.69 Å². The van der Waals surface area contributed by atoms with Crippen molar-refractivity contribution in [1.29, 1.82) is 0 Å². The minimum absolute atomic E-state index is 0.0386. The lowest BCUT2D eigenvalue weighted by molar-refractivity contribution is -0.121. The largest absolute Gasteiger partial charge is 0.338 e. The molecule has 1 aliphatic heterocycles. The number of carbonyl (C=O) groups excluding carboxylic acids is 1. The summed E-state index contributed by atoms with van der Waals surface area (Å²) in [6, 6.07) is 11.9. The second-order valence-electron chi connectivity index (χ2n) is 6.75. The highest BCUT2D eigenvalue weighted by Gasteiger charge is 2.27. The van der Waals surface area contributed by atoms with Crippen molar-refractivity contribution in [2.24, 2.45) is 5.92 Å². The van der Waals surface area contributed by atoms with Crippen molar-refractivity contribution in [3.8, 4) is 10.7 Å². The van der Waals surface area contributed by atoms with E-state index in [9.17, 15) is 4.79 Å². The number of carbonyl (C=O) groups is 1. The van der Waals surface area contributed by atoms with Gasteiger partial charge >= 0.3 is 0 Å². The Hall–Kier alpha value is -2.16. The van der Waals surface area contributed by atoms with Gasteiger partial charge in [0.2, 0.25) is 17.6 Å². The molecule has 0 radical (unpaired) electrons. The molecule has 1 saturated heterocycles. The van der Waals surface area contributed by atoms with Crippen LogP contribution < -0.4 is 5.32 Å². The van der Waals surface area contributed by atoms with E-state index in [1.807, 2.05) is 48.0 Å². The quantitative estimate of drug-likeness (QED) is 0.604. The summed E-state index contributed by atoms with van der Waals surface area (Å²) in [4.78, 5) is 21.6. The van der Waals surface area contributed by atoms with E-state index >= 15 is 0 Å². The standard InChI is InChI=1S/C20H22N4O2S2/c1-27-16-8-3-2-7-15(16)21-20(25)14-6-4-10-24(12-14)13-18-22-19(23-26-18)17-9-5-11-28-17/h2-3,5,7-9,11,14H,4,6,10,12-13H2,1H3,(H,21,25). The highest BCUT2D eigenvalue weighted by Crippen LogP contribution is 2.27. The second kappa shape index (κ2) is 8.89. The van der Waals surface area contributed by atoms with E-state index in [0.29, 0.717) is 24.8 Å². The molecule has 1 atom stereocenters. The average molecular weight is 415 g/mol. The molecule has 0 aliphatic carbocycles. The summed E-state index contributed by atoms with van der Waals surface area (Å²) < 4.78 is 5.41. The Bertz CT molecular complexity index is 926. The monoisotopic (exact) mass is 414 g/mol. The van der Waals surface area contributed by atoms with E-state index in [-0.39, 0.29) is 11.8 Å². The van der Waals surface area contributed by atoms with Gasteiger partial charge < -0.3 is 9.84 Å². The fourth-order valence-corrected chi connectivity index (χ4v) is 4.61. The summed E-state index contributed by atoms with van der Waals surface area (Å²) in [5.41, 5.74) is 0.884. The molecule has 1 fully saturated rings. The fraction of sp³-hybridized carbons (Fsp3) is 0.350. The second-order valence-corrected chi connectivity index (χ2v) is 8.55.